The molecule has 3 aromatic rings. The number of methoxy groups -OCH3 is 1. The van der Waals surface area contributed by atoms with E-state index >= 15 is 0 Å². The third-order valence-corrected chi connectivity index (χ3v) is 4.46. The Balaban J connectivity index is 1.69. The number of nitrogens with one attached hydrogen (secondary N) is 2. The van der Waals surface area contributed by atoms with Gasteiger partial charge in [-0.2, -0.15) is 5.10 Å². The summed E-state index contributed by atoms with van der Waals surface area (Å²) in [6, 6.07) is 23.5. The van der Waals surface area contributed by atoms with Gasteiger partial charge in [-0.05, 0) is 54.5 Å². The highest BCUT2D eigenvalue weighted by Crippen LogP contribution is 2.31. The molecule has 148 valence electrons. The summed E-state index contributed by atoms with van der Waals surface area (Å²) >= 11 is 5.27. The predicted octanol–water partition coefficient (Wildman–Crippen LogP) is 4.90. The molecule has 0 heterocycles. The van der Waals surface area contributed by atoms with Crippen LogP contribution >= 0.6 is 12.2 Å². The SMILES string of the molecule is COc1cccc(/C=N\NC(=S)Nc2ccccc2)c1OCc1ccccc1C. The topological polar surface area (TPSA) is 54.9 Å². The average Bonchev–Trinajstić information content (AvgIpc) is 2.74. The second-order valence-corrected chi connectivity index (χ2v) is 6.69. The van der Waals surface area contributed by atoms with Crippen LogP contribution in [0.5, 0.6) is 11.5 Å². The van der Waals surface area contributed by atoms with E-state index in [9.17, 15) is 0 Å². The monoisotopic (exact) mass is 405 g/mol. The van der Waals surface area contributed by atoms with Gasteiger partial charge in [-0.15, -0.1) is 0 Å². The van der Waals surface area contributed by atoms with Gasteiger partial charge in [0, 0.05) is 11.3 Å². The Morgan fingerprint density at radius 3 is 2.52 bits per heavy atom. The number of aryl methyl sites for hydroxylation is 1. The Morgan fingerprint density at radius 1 is 1.00 bits per heavy atom. The zero-order chi connectivity index (χ0) is 20.5. The van der Waals surface area contributed by atoms with Crippen molar-refractivity contribution < 1.29 is 9.47 Å². The molecule has 0 aliphatic heterocycles. The highest BCUT2D eigenvalue weighted by molar-refractivity contribution is 7.80. The standard InChI is InChI=1S/C23H23N3O2S/c1-17-9-6-7-10-19(17)16-28-22-18(11-8-14-21(22)27-2)15-24-26-23(29)25-20-12-4-3-5-13-20/h3-15H,16H2,1-2H3,(H2,25,26,29)/b24-15-. The van der Waals surface area contributed by atoms with Crippen molar-refractivity contribution in [1.82, 2.24) is 5.43 Å². The first-order valence-electron chi connectivity index (χ1n) is 9.17. The molecular formula is C23H23N3O2S. The number of para-hydroxylation sites is 2. The van der Waals surface area contributed by atoms with Gasteiger partial charge in [0.05, 0.1) is 13.3 Å². The first-order valence-corrected chi connectivity index (χ1v) is 9.57. The van der Waals surface area contributed by atoms with Crippen LogP contribution in [0.3, 0.4) is 0 Å². The van der Waals surface area contributed by atoms with Gasteiger partial charge in [-0.25, -0.2) is 0 Å². The zero-order valence-electron chi connectivity index (χ0n) is 16.4. The van der Waals surface area contributed by atoms with Gasteiger partial charge in [0.15, 0.2) is 16.6 Å². The van der Waals surface area contributed by atoms with Gasteiger partial charge >= 0.3 is 0 Å². The molecule has 29 heavy (non-hydrogen) atoms. The van der Waals surface area contributed by atoms with Crippen LogP contribution in [-0.4, -0.2) is 18.4 Å². The summed E-state index contributed by atoms with van der Waals surface area (Å²) in [6.07, 6.45) is 1.66. The van der Waals surface area contributed by atoms with Crippen molar-refractivity contribution in [1.29, 1.82) is 0 Å². The van der Waals surface area contributed by atoms with Crippen LogP contribution in [0.15, 0.2) is 77.9 Å². The summed E-state index contributed by atoms with van der Waals surface area (Å²) in [5.74, 6) is 1.28. The third kappa shape index (κ3) is 5.80. The third-order valence-electron chi connectivity index (χ3n) is 4.26. The van der Waals surface area contributed by atoms with Crippen LogP contribution in [0, 0.1) is 6.92 Å². The Morgan fingerprint density at radius 2 is 1.76 bits per heavy atom. The summed E-state index contributed by atoms with van der Waals surface area (Å²) in [5, 5.41) is 7.70. The molecule has 0 aromatic heterocycles. The normalized spacial score (nSPS) is 10.6. The van der Waals surface area contributed by atoms with E-state index < -0.39 is 0 Å². The summed E-state index contributed by atoms with van der Waals surface area (Å²) < 4.78 is 11.6. The summed E-state index contributed by atoms with van der Waals surface area (Å²) in [6.45, 7) is 2.50. The number of hydrogen-bond acceptors (Lipinski definition) is 4. The molecule has 0 saturated heterocycles. The predicted molar refractivity (Wildman–Crippen MR) is 122 cm³/mol. The molecule has 3 rings (SSSR count). The maximum Gasteiger partial charge on any atom is 0.191 e. The van der Waals surface area contributed by atoms with Crippen molar-refractivity contribution in [2.75, 3.05) is 12.4 Å². The van der Waals surface area contributed by atoms with Crippen LogP contribution < -0.4 is 20.2 Å². The Kier molecular flexibility index (Phi) is 7.19. The maximum atomic E-state index is 6.09. The number of nitrogens with zero attached hydrogens (tertiary/aromatic N) is 1. The minimum atomic E-state index is 0.401. The van der Waals surface area contributed by atoms with Crippen molar-refractivity contribution in [3.63, 3.8) is 0 Å². The van der Waals surface area contributed by atoms with E-state index in [-0.39, 0.29) is 0 Å². The van der Waals surface area contributed by atoms with Gasteiger partial charge in [-0.1, -0.05) is 48.5 Å². The molecule has 0 unspecified atom stereocenters. The van der Waals surface area contributed by atoms with Crippen molar-refractivity contribution in [3.8, 4) is 11.5 Å². The highest BCUT2D eigenvalue weighted by Gasteiger charge is 2.10. The van der Waals surface area contributed by atoms with E-state index in [0.29, 0.717) is 23.2 Å². The second-order valence-electron chi connectivity index (χ2n) is 6.28. The quantitative estimate of drug-likeness (QED) is 0.333. The number of rotatable bonds is 7. The number of thiocarbonyl (C=S) groups is 1. The number of hydrogen-bond donors (Lipinski definition) is 2. The van der Waals surface area contributed by atoms with Crippen molar-refractivity contribution in [2.24, 2.45) is 5.10 Å². The van der Waals surface area contributed by atoms with Gasteiger partial charge in [0.1, 0.15) is 6.61 Å². The van der Waals surface area contributed by atoms with E-state index in [1.54, 1.807) is 13.3 Å². The van der Waals surface area contributed by atoms with Crippen LogP contribution in [0.25, 0.3) is 0 Å². The fourth-order valence-electron chi connectivity index (χ4n) is 2.71. The van der Waals surface area contributed by atoms with Gasteiger partial charge < -0.3 is 14.8 Å². The summed E-state index contributed by atoms with van der Waals surface area (Å²) in [7, 11) is 1.62. The molecule has 0 atom stereocenters. The van der Waals surface area contributed by atoms with Gasteiger partial charge in [0.2, 0.25) is 0 Å². The number of benzene rings is 3. The van der Waals surface area contributed by atoms with E-state index in [1.807, 2.05) is 66.7 Å². The molecule has 0 bridgehead atoms. The Labute approximate surface area is 176 Å². The maximum absolute atomic E-state index is 6.09. The lowest BCUT2D eigenvalue weighted by Crippen LogP contribution is -2.23. The molecule has 0 saturated carbocycles. The minimum absolute atomic E-state index is 0.401. The Bertz CT molecular complexity index is 990. The van der Waals surface area contributed by atoms with Crippen LogP contribution in [0.1, 0.15) is 16.7 Å². The molecule has 5 nitrogen and oxygen atoms in total. The van der Waals surface area contributed by atoms with Crippen LogP contribution in [0.4, 0.5) is 5.69 Å². The van der Waals surface area contributed by atoms with Crippen molar-refractivity contribution in [3.05, 3.63) is 89.5 Å². The lowest BCUT2D eigenvalue weighted by molar-refractivity contribution is 0.283. The van der Waals surface area contributed by atoms with E-state index in [4.69, 9.17) is 21.7 Å². The number of hydrazone groups is 1. The molecule has 0 spiro atoms. The van der Waals surface area contributed by atoms with Crippen molar-refractivity contribution >= 4 is 29.2 Å². The lowest BCUT2D eigenvalue weighted by Gasteiger charge is -2.14. The molecule has 0 fully saturated rings. The second kappa shape index (κ2) is 10.2. The van der Waals surface area contributed by atoms with Gasteiger partial charge in [-0.3, -0.25) is 5.43 Å². The smallest absolute Gasteiger partial charge is 0.191 e. The Hall–Kier alpha value is -3.38. The van der Waals surface area contributed by atoms with Crippen LogP contribution in [-0.2, 0) is 6.61 Å². The molecular weight excluding hydrogens is 382 g/mol. The van der Waals surface area contributed by atoms with Crippen molar-refractivity contribution in [2.45, 2.75) is 13.5 Å². The molecule has 3 aromatic carbocycles. The molecule has 0 aliphatic rings. The fraction of sp³-hybridized carbons (Fsp3) is 0.130. The van der Waals surface area contributed by atoms with E-state index in [0.717, 1.165) is 16.8 Å². The molecule has 6 heteroatoms. The van der Waals surface area contributed by atoms with Gasteiger partial charge in [0.25, 0.3) is 0 Å². The number of ether oxygens (including phenoxy) is 2. The first kappa shape index (κ1) is 20.4. The highest BCUT2D eigenvalue weighted by atomic mass is 32.1. The average molecular weight is 406 g/mol. The molecule has 0 radical (unpaired) electrons. The lowest BCUT2D eigenvalue weighted by atomic mass is 10.1. The zero-order valence-corrected chi connectivity index (χ0v) is 17.2. The number of anilines is 1. The minimum Gasteiger partial charge on any atom is -0.493 e. The molecule has 0 aliphatic carbocycles. The largest absolute Gasteiger partial charge is 0.493 e. The fourth-order valence-corrected chi connectivity index (χ4v) is 2.88. The molecule has 0 amide bonds. The van der Waals surface area contributed by atoms with Crippen LogP contribution in [0.2, 0.25) is 0 Å². The molecule has 2 N–H and O–H groups in total. The first-order chi connectivity index (χ1) is 14.2. The summed E-state index contributed by atoms with van der Waals surface area (Å²) in [5.41, 5.74) is 6.79. The summed E-state index contributed by atoms with van der Waals surface area (Å²) in [4.78, 5) is 0. The van der Waals surface area contributed by atoms with E-state index in [1.165, 1.54) is 5.56 Å². The van der Waals surface area contributed by atoms with E-state index in [2.05, 4.69) is 28.8 Å².